The van der Waals surface area contributed by atoms with Gasteiger partial charge < -0.3 is 15.1 Å². The number of nitrogens with one attached hydrogen (secondary N) is 1. The third kappa shape index (κ3) is 3.70. The molecule has 4 aliphatic rings. The molecule has 3 saturated heterocycles. The molecule has 0 bridgehead atoms. The molecule has 3 aliphatic heterocycles. The summed E-state index contributed by atoms with van der Waals surface area (Å²) in [5.74, 6) is 0.354. The predicted octanol–water partition coefficient (Wildman–Crippen LogP) is 2.78. The summed E-state index contributed by atoms with van der Waals surface area (Å²) in [7, 11) is -1.70. The Labute approximate surface area is 187 Å². The van der Waals surface area contributed by atoms with E-state index in [0.717, 1.165) is 25.3 Å². The van der Waals surface area contributed by atoms with E-state index in [1.165, 1.54) is 12.3 Å². The van der Waals surface area contributed by atoms with Gasteiger partial charge in [0, 0.05) is 44.3 Å². The van der Waals surface area contributed by atoms with Crippen LogP contribution in [0.1, 0.15) is 36.8 Å². The molecule has 4 fully saturated rings. The van der Waals surface area contributed by atoms with E-state index in [1.54, 1.807) is 11.0 Å². The Hall–Kier alpha value is -2.10. The summed E-state index contributed by atoms with van der Waals surface area (Å²) in [4.78, 5) is 27.5. The molecule has 3 amide bonds. The highest BCUT2D eigenvalue weighted by Gasteiger charge is 2.56. The van der Waals surface area contributed by atoms with Gasteiger partial charge in [-0.15, -0.1) is 0 Å². The molecule has 6 nitrogen and oxygen atoms in total. The number of alkyl halides is 3. The molecule has 1 unspecified atom stereocenters. The molecule has 0 radical (unpaired) electrons. The van der Waals surface area contributed by atoms with Crippen molar-refractivity contribution < 1.29 is 27.0 Å². The minimum absolute atomic E-state index is 0.0174. The van der Waals surface area contributed by atoms with Crippen LogP contribution in [0, 0.1) is 11.3 Å². The average molecular weight is 470 g/mol. The van der Waals surface area contributed by atoms with Crippen LogP contribution in [0.5, 0.6) is 0 Å². The molecule has 1 aromatic carbocycles. The Morgan fingerprint density at radius 2 is 1.84 bits per heavy atom. The van der Waals surface area contributed by atoms with E-state index >= 15 is 0 Å². The van der Waals surface area contributed by atoms with Gasteiger partial charge in [0.15, 0.2) is 0 Å². The van der Waals surface area contributed by atoms with Crippen LogP contribution in [-0.4, -0.2) is 63.9 Å². The van der Waals surface area contributed by atoms with Gasteiger partial charge in [-0.3, -0.25) is 9.00 Å². The number of amides is 3. The summed E-state index contributed by atoms with van der Waals surface area (Å²) >= 11 is 0. The number of carbonyl (C=O) groups excluding carboxylic acids is 2. The van der Waals surface area contributed by atoms with Crippen LogP contribution >= 0.6 is 0 Å². The van der Waals surface area contributed by atoms with Gasteiger partial charge in [-0.2, -0.15) is 13.2 Å². The number of likely N-dealkylation sites (tertiary alicyclic amines) is 2. The zero-order valence-electron chi connectivity index (χ0n) is 17.8. The lowest BCUT2D eigenvalue weighted by Gasteiger charge is -2.61. The molecule has 174 valence electrons. The Bertz CT molecular complexity index is 992. The van der Waals surface area contributed by atoms with E-state index in [1.807, 2.05) is 4.90 Å². The van der Waals surface area contributed by atoms with E-state index < -0.39 is 22.5 Å². The second-order valence-corrected chi connectivity index (χ2v) is 11.4. The van der Waals surface area contributed by atoms with Gasteiger partial charge in [-0.1, -0.05) is 6.07 Å². The molecule has 10 heteroatoms. The first kappa shape index (κ1) is 21.7. The number of halogens is 3. The van der Waals surface area contributed by atoms with Crippen LogP contribution < -0.4 is 5.32 Å². The number of carbonyl (C=O) groups is 2. The molecule has 0 aromatic heterocycles. The number of rotatable bonds is 3. The molecule has 2 spiro atoms. The van der Waals surface area contributed by atoms with Gasteiger partial charge >= 0.3 is 12.2 Å². The van der Waals surface area contributed by atoms with Crippen LogP contribution in [0.15, 0.2) is 23.1 Å². The van der Waals surface area contributed by atoms with Crippen molar-refractivity contribution in [3.8, 4) is 0 Å². The first-order valence-corrected chi connectivity index (χ1v) is 12.4. The first-order chi connectivity index (χ1) is 15.0. The van der Waals surface area contributed by atoms with Crippen molar-refractivity contribution in [2.45, 2.75) is 48.7 Å². The molecule has 32 heavy (non-hydrogen) atoms. The normalized spacial score (nSPS) is 24.7. The molecular weight excluding hydrogens is 443 g/mol. The zero-order chi connectivity index (χ0) is 22.9. The fourth-order valence-corrected chi connectivity index (χ4v) is 6.75. The molecule has 1 aromatic rings. The summed E-state index contributed by atoms with van der Waals surface area (Å²) < 4.78 is 51.7. The highest BCUT2D eigenvalue weighted by atomic mass is 32.2. The van der Waals surface area contributed by atoms with Gasteiger partial charge in [0.1, 0.15) is 0 Å². The second-order valence-electron chi connectivity index (χ2n) is 10.1. The SMILES string of the molecule is CS(=O)c1ccc(CC2CC3(C2)CN(C(=O)N2CC4(CCC(=O)N4)C2)C3)cc1C(F)(F)F. The number of nitrogens with zero attached hydrogens (tertiary/aromatic N) is 2. The van der Waals surface area contributed by atoms with Crippen LogP contribution in [0.25, 0.3) is 0 Å². The summed E-state index contributed by atoms with van der Waals surface area (Å²) in [6.07, 6.45) is 0.409. The third-order valence-corrected chi connectivity index (χ3v) is 8.42. The monoisotopic (exact) mass is 469 g/mol. The smallest absolute Gasteiger partial charge is 0.347 e. The van der Waals surface area contributed by atoms with Gasteiger partial charge in [-0.05, 0) is 49.3 Å². The van der Waals surface area contributed by atoms with Crippen LogP contribution in [0.3, 0.4) is 0 Å². The predicted molar refractivity (Wildman–Crippen MR) is 111 cm³/mol. The summed E-state index contributed by atoms with van der Waals surface area (Å²) in [6, 6.07) is 4.14. The fourth-order valence-electron chi connectivity index (χ4n) is 6.01. The summed E-state index contributed by atoms with van der Waals surface area (Å²) in [6.45, 7) is 2.53. The Morgan fingerprint density at radius 3 is 2.41 bits per heavy atom. The van der Waals surface area contributed by atoms with Crippen molar-refractivity contribution in [2.24, 2.45) is 11.3 Å². The van der Waals surface area contributed by atoms with Crippen LogP contribution in [0.4, 0.5) is 18.0 Å². The van der Waals surface area contributed by atoms with Crippen molar-refractivity contribution in [1.82, 2.24) is 15.1 Å². The maximum Gasteiger partial charge on any atom is 0.417 e. The van der Waals surface area contributed by atoms with Crippen molar-refractivity contribution in [3.05, 3.63) is 29.3 Å². The van der Waals surface area contributed by atoms with Crippen molar-refractivity contribution in [1.29, 1.82) is 0 Å². The lowest BCUT2D eigenvalue weighted by Crippen LogP contribution is -2.73. The lowest BCUT2D eigenvalue weighted by atomic mass is 9.56. The fraction of sp³-hybridized carbons (Fsp3) is 0.636. The number of benzene rings is 1. The van der Waals surface area contributed by atoms with E-state index in [0.29, 0.717) is 50.5 Å². The molecule has 1 saturated carbocycles. The van der Waals surface area contributed by atoms with Gasteiger partial charge in [0.25, 0.3) is 0 Å². The largest absolute Gasteiger partial charge is 0.417 e. The van der Waals surface area contributed by atoms with Crippen LogP contribution in [0.2, 0.25) is 0 Å². The number of urea groups is 1. The zero-order valence-corrected chi connectivity index (χ0v) is 18.7. The molecule has 3 heterocycles. The highest BCUT2D eigenvalue weighted by molar-refractivity contribution is 7.84. The lowest BCUT2D eigenvalue weighted by molar-refractivity contribution is -0.139. The Balaban J connectivity index is 1.12. The number of hydrogen-bond donors (Lipinski definition) is 1. The maximum atomic E-state index is 13.3. The third-order valence-electron chi connectivity index (χ3n) is 7.44. The van der Waals surface area contributed by atoms with Gasteiger partial charge in [0.2, 0.25) is 5.91 Å². The van der Waals surface area contributed by atoms with Crippen molar-refractivity contribution in [2.75, 3.05) is 32.4 Å². The molecule has 1 N–H and O–H groups in total. The topological polar surface area (TPSA) is 69.7 Å². The van der Waals surface area contributed by atoms with Crippen molar-refractivity contribution in [3.63, 3.8) is 0 Å². The minimum Gasteiger partial charge on any atom is -0.347 e. The minimum atomic E-state index is -4.52. The molecule has 1 atom stereocenters. The highest BCUT2D eigenvalue weighted by Crippen LogP contribution is 2.53. The van der Waals surface area contributed by atoms with Crippen LogP contribution in [-0.2, 0) is 28.2 Å². The summed E-state index contributed by atoms with van der Waals surface area (Å²) in [5, 5.41) is 2.98. The molecule has 5 rings (SSSR count). The molecule has 1 aliphatic carbocycles. The first-order valence-electron chi connectivity index (χ1n) is 10.9. The van der Waals surface area contributed by atoms with E-state index in [4.69, 9.17) is 0 Å². The van der Waals surface area contributed by atoms with E-state index in [9.17, 15) is 27.0 Å². The Kier molecular flexibility index (Phi) is 4.89. The molecular formula is C22H26F3N3O3S. The maximum absolute atomic E-state index is 13.3. The van der Waals surface area contributed by atoms with Crippen molar-refractivity contribution >= 4 is 22.7 Å². The average Bonchev–Trinajstić information content (AvgIpc) is 3.02. The second kappa shape index (κ2) is 7.20. The Morgan fingerprint density at radius 1 is 1.19 bits per heavy atom. The van der Waals surface area contributed by atoms with Gasteiger partial charge in [0.05, 0.1) is 26.8 Å². The van der Waals surface area contributed by atoms with E-state index in [2.05, 4.69) is 5.32 Å². The quantitative estimate of drug-likeness (QED) is 0.740. The number of hydrogen-bond acceptors (Lipinski definition) is 3. The summed E-state index contributed by atoms with van der Waals surface area (Å²) in [5.41, 5.74) is -0.312. The van der Waals surface area contributed by atoms with Gasteiger partial charge in [-0.25, -0.2) is 4.79 Å². The van der Waals surface area contributed by atoms with E-state index in [-0.39, 0.29) is 27.8 Å². The standard InChI is InChI=1S/C22H26F3N3O3S/c1-32(31)17-3-2-14(7-16(17)22(23,24)25)6-15-8-20(9-15)10-27(11-20)19(30)28-12-21(13-28)5-4-18(29)26-21/h2-3,7,15H,4-6,8-13H2,1H3,(H,26,29).